The molecule has 1 unspecified atom stereocenters. The van der Waals surface area contributed by atoms with Crippen LogP contribution in [-0.2, 0) is 0 Å². The predicted molar refractivity (Wildman–Crippen MR) is 62.9 cm³/mol. The third kappa shape index (κ3) is 5.99. The molecule has 3 heteroatoms. The highest BCUT2D eigenvalue weighted by atomic mass is 32.1. The Kier molecular flexibility index (Phi) is 6.25. The standard InChI is InChI=1S/C10H22N2S/c1-5-12(7-8(2)3)9(4)6-10(11)13/h8-9H,5-7H2,1-4H3,(H2,11,13). The Bertz CT molecular complexity index is 157. The second-order valence-electron chi connectivity index (χ2n) is 4.00. The summed E-state index contributed by atoms with van der Waals surface area (Å²) < 4.78 is 0. The van der Waals surface area contributed by atoms with Crippen molar-refractivity contribution in [3.8, 4) is 0 Å². The summed E-state index contributed by atoms with van der Waals surface area (Å²) in [6.45, 7) is 11.0. The van der Waals surface area contributed by atoms with Crippen molar-refractivity contribution < 1.29 is 0 Å². The number of rotatable bonds is 6. The van der Waals surface area contributed by atoms with E-state index in [1.54, 1.807) is 0 Å². The molecule has 0 aliphatic carbocycles. The largest absolute Gasteiger partial charge is 0.393 e. The lowest BCUT2D eigenvalue weighted by molar-refractivity contribution is 0.200. The third-order valence-corrected chi connectivity index (χ3v) is 2.29. The fourth-order valence-corrected chi connectivity index (χ4v) is 1.75. The minimum Gasteiger partial charge on any atom is -0.393 e. The molecule has 1 atom stereocenters. The molecule has 0 aliphatic rings. The molecule has 2 N–H and O–H groups in total. The molecule has 2 nitrogen and oxygen atoms in total. The van der Waals surface area contributed by atoms with Gasteiger partial charge in [0.15, 0.2) is 0 Å². The van der Waals surface area contributed by atoms with Crippen LogP contribution in [0.3, 0.4) is 0 Å². The summed E-state index contributed by atoms with van der Waals surface area (Å²) in [6, 6.07) is 0.477. The number of hydrogen-bond donors (Lipinski definition) is 1. The summed E-state index contributed by atoms with van der Waals surface area (Å²) in [4.78, 5) is 3.04. The fraction of sp³-hybridized carbons (Fsp3) is 0.900. The molecule has 78 valence electrons. The predicted octanol–water partition coefficient (Wildman–Crippen LogP) is 2.03. The van der Waals surface area contributed by atoms with Crippen LogP contribution in [0.4, 0.5) is 0 Å². The summed E-state index contributed by atoms with van der Waals surface area (Å²) in [5, 5.41) is 0. The summed E-state index contributed by atoms with van der Waals surface area (Å²) in [5.41, 5.74) is 5.52. The van der Waals surface area contributed by atoms with E-state index in [1.165, 1.54) is 0 Å². The third-order valence-electron chi connectivity index (χ3n) is 2.13. The first-order valence-corrected chi connectivity index (χ1v) is 5.40. The lowest BCUT2D eigenvalue weighted by atomic mass is 10.1. The minimum absolute atomic E-state index is 0.477. The van der Waals surface area contributed by atoms with Crippen LogP contribution in [0.2, 0.25) is 0 Å². The Morgan fingerprint density at radius 1 is 1.38 bits per heavy atom. The first-order chi connectivity index (χ1) is 5.97. The van der Waals surface area contributed by atoms with E-state index in [9.17, 15) is 0 Å². The summed E-state index contributed by atoms with van der Waals surface area (Å²) >= 11 is 4.90. The molecule has 0 fully saturated rings. The molecular formula is C10H22N2S. The number of nitrogens with zero attached hydrogens (tertiary/aromatic N) is 1. The fourth-order valence-electron chi connectivity index (χ4n) is 1.51. The average Bonchev–Trinajstić information content (AvgIpc) is 1.98. The molecule has 0 heterocycles. The van der Waals surface area contributed by atoms with Crippen LogP contribution in [0.25, 0.3) is 0 Å². The molecule has 0 bridgehead atoms. The highest BCUT2D eigenvalue weighted by molar-refractivity contribution is 7.80. The molecular weight excluding hydrogens is 180 g/mol. The van der Waals surface area contributed by atoms with Gasteiger partial charge in [-0.25, -0.2) is 0 Å². The first kappa shape index (κ1) is 12.8. The van der Waals surface area contributed by atoms with Crippen LogP contribution in [0.5, 0.6) is 0 Å². The highest BCUT2D eigenvalue weighted by Gasteiger charge is 2.13. The van der Waals surface area contributed by atoms with Crippen molar-refractivity contribution in [3.63, 3.8) is 0 Å². The van der Waals surface area contributed by atoms with E-state index in [1.807, 2.05) is 0 Å². The van der Waals surface area contributed by atoms with Crippen molar-refractivity contribution in [2.45, 2.75) is 40.2 Å². The van der Waals surface area contributed by atoms with Gasteiger partial charge in [0.05, 0.1) is 4.99 Å². The number of thiocarbonyl (C=S) groups is 1. The molecule has 0 aromatic heterocycles. The molecule has 0 saturated carbocycles. The Balaban J connectivity index is 3.98. The van der Waals surface area contributed by atoms with Gasteiger partial charge in [0.1, 0.15) is 0 Å². The van der Waals surface area contributed by atoms with Crippen molar-refractivity contribution >= 4 is 17.2 Å². The van der Waals surface area contributed by atoms with E-state index in [-0.39, 0.29) is 0 Å². The SMILES string of the molecule is CCN(CC(C)C)C(C)CC(N)=S. The van der Waals surface area contributed by atoms with Crippen LogP contribution < -0.4 is 5.73 Å². The topological polar surface area (TPSA) is 29.3 Å². The highest BCUT2D eigenvalue weighted by Crippen LogP contribution is 2.07. The summed E-state index contributed by atoms with van der Waals surface area (Å²) in [6.07, 6.45) is 0.829. The van der Waals surface area contributed by atoms with Crippen LogP contribution in [0.15, 0.2) is 0 Å². The lowest BCUT2D eigenvalue weighted by Crippen LogP contribution is -2.38. The molecule has 13 heavy (non-hydrogen) atoms. The Morgan fingerprint density at radius 2 is 1.92 bits per heavy atom. The van der Waals surface area contributed by atoms with E-state index in [4.69, 9.17) is 18.0 Å². The van der Waals surface area contributed by atoms with Crippen LogP contribution in [0.1, 0.15) is 34.1 Å². The Hall–Kier alpha value is -0.150. The van der Waals surface area contributed by atoms with Gasteiger partial charge in [-0.1, -0.05) is 33.0 Å². The Morgan fingerprint density at radius 3 is 2.23 bits per heavy atom. The molecule has 0 radical (unpaired) electrons. The molecule has 0 aromatic carbocycles. The second kappa shape index (κ2) is 6.33. The minimum atomic E-state index is 0.477. The maximum absolute atomic E-state index is 5.52. The van der Waals surface area contributed by atoms with Crippen molar-refractivity contribution in [2.24, 2.45) is 11.7 Å². The molecule has 0 rings (SSSR count). The van der Waals surface area contributed by atoms with E-state index >= 15 is 0 Å². The first-order valence-electron chi connectivity index (χ1n) is 4.99. The van der Waals surface area contributed by atoms with Crippen LogP contribution in [0, 0.1) is 5.92 Å². The lowest BCUT2D eigenvalue weighted by Gasteiger charge is -2.29. The number of hydrogen-bond acceptors (Lipinski definition) is 2. The number of nitrogens with two attached hydrogens (primary N) is 1. The zero-order chi connectivity index (χ0) is 10.4. The maximum atomic E-state index is 5.52. The van der Waals surface area contributed by atoms with Gasteiger partial charge in [0, 0.05) is 19.0 Å². The quantitative estimate of drug-likeness (QED) is 0.668. The van der Waals surface area contributed by atoms with Crippen LogP contribution >= 0.6 is 12.2 Å². The van der Waals surface area contributed by atoms with Crippen LogP contribution in [-0.4, -0.2) is 29.0 Å². The van der Waals surface area contributed by atoms with Crippen molar-refractivity contribution in [2.75, 3.05) is 13.1 Å². The van der Waals surface area contributed by atoms with Gasteiger partial charge in [-0.3, -0.25) is 0 Å². The van der Waals surface area contributed by atoms with Gasteiger partial charge in [0.2, 0.25) is 0 Å². The normalized spacial score (nSPS) is 13.7. The Labute approximate surface area is 87.5 Å². The van der Waals surface area contributed by atoms with Gasteiger partial charge in [-0.05, 0) is 19.4 Å². The molecule has 0 saturated heterocycles. The van der Waals surface area contributed by atoms with Gasteiger partial charge in [-0.15, -0.1) is 0 Å². The zero-order valence-electron chi connectivity index (χ0n) is 9.21. The smallest absolute Gasteiger partial charge is 0.0742 e. The zero-order valence-corrected chi connectivity index (χ0v) is 10.0. The second-order valence-corrected chi connectivity index (χ2v) is 4.53. The van der Waals surface area contributed by atoms with Crippen molar-refractivity contribution in [3.05, 3.63) is 0 Å². The van der Waals surface area contributed by atoms with Gasteiger partial charge >= 0.3 is 0 Å². The van der Waals surface area contributed by atoms with Crippen molar-refractivity contribution in [1.29, 1.82) is 0 Å². The molecule has 0 amide bonds. The van der Waals surface area contributed by atoms with E-state index < -0.39 is 0 Å². The van der Waals surface area contributed by atoms with Gasteiger partial charge in [-0.2, -0.15) is 0 Å². The van der Waals surface area contributed by atoms with E-state index in [0.717, 1.165) is 19.5 Å². The summed E-state index contributed by atoms with van der Waals surface area (Å²) in [7, 11) is 0. The monoisotopic (exact) mass is 202 g/mol. The van der Waals surface area contributed by atoms with E-state index in [2.05, 4.69) is 32.6 Å². The van der Waals surface area contributed by atoms with E-state index in [0.29, 0.717) is 16.9 Å². The molecule has 0 aromatic rings. The van der Waals surface area contributed by atoms with Gasteiger partial charge < -0.3 is 10.6 Å². The average molecular weight is 202 g/mol. The molecule has 0 spiro atoms. The van der Waals surface area contributed by atoms with Crippen molar-refractivity contribution in [1.82, 2.24) is 4.90 Å². The summed E-state index contributed by atoms with van der Waals surface area (Å²) in [5.74, 6) is 0.703. The van der Waals surface area contributed by atoms with Gasteiger partial charge in [0.25, 0.3) is 0 Å². The molecule has 0 aliphatic heterocycles. The maximum Gasteiger partial charge on any atom is 0.0742 e.